The van der Waals surface area contributed by atoms with Crippen LogP contribution in [0.3, 0.4) is 0 Å². The van der Waals surface area contributed by atoms with Gasteiger partial charge in [0, 0.05) is 5.92 Å². The Morgan fingerprint density at radius 1 is 1.28 bits per heavy atom. The van der Waals surface area contributed by atoms with Crippen LogP contribution in [-0.4, -0.2) is 41.5 Å². The van der Waals surface area contributed by atoms with E-state index in [0.29, 0.717) is 5.92 Å². The first-order valence-corrected chi connectivity index (χ1v) is 6.48. The largest absolute Gasteiger partial charge is 0.482 e. The fourth-order valence-corrected chi connectivity index (χ4v) is 2.76. The van der Waals surface area contributed by atoms with Gasteiger partial charge in [-0.25, -0.2) is 4.98 Å². The lowest BCUT2D eigenvalue weighted by atomic mass is 9.96. The van der Waals surface area contributed by atoms with Gasteiger partial charge in [-0.3, -0.25) is 4.40 Å². The standard InChI is InChI=1S/C14H19N3O/c1-16-8-6-11(7-9-16)14-15-10-12-4-3-5-13(18-2)17(12)14/h3-5,10-11H,6-9H2,1-2H3. The number of aromatic nitrogens is 2. The minimum atomic E-state index is 0.542. The molecule has 1 saturated heterocycles. The molecule has 0 aromatic carbocycles. The van der Waals surface area contributed by atoms with Gasteiger partial charge in [-0.05, 0) is 45.1 Å². The van der Waals surface area contributed by atoms with E-state index in [9.17, 15) is 0 Å². The van der Waals surface area contributed by atoms with Crippen molar-refractivity contribution >= 4 is 5.52 Å². The molecule has 18 heavy (non-hydrogen) atoms. The third kappa shape index (κ3) is 1.86. The fraction of sp³-hybridized carbons (Fsp3) is 0.500. The summed E-state index contributed by atoms with van der Waals surface area (Å²) in [6.07, 6.45) is 4.29. The maximum atomic E-state index is 5.45. The lowest BCUT2D eigenvalue weighted by Crippen LogP contribution is -2.30. The van der Waals surface area contributed by atoms with Gasteiger partial charge in [-0.1, -0.05) is 6.07 Å². The molecule has 0 amide bonds. The summed E-state index contributed by atoms with van der Waals surface area (Å²) in [7, 11) is 3.90. The predicted molar refractivity (Wildman–Crippen MR) is 71.2 cm³/mol. The number of likely N-dealkylation sites (tertiary alicyclic amines) is 1. The molecule has 1 aliphatic rings. The molecule has 0 unspecified atom stereocenters. The SMILES string of the molecule is COc1cccc2cnc(C3CCN(C)CC3)n12. The molecule has 1 aliphatic heterocycles. The number of piperidine rings is 1. The Bertz CT molecular complexity index is 541. The summed E-state index contributed by atoms with van der Waals surface area (Å²) in [6.45, 7) is 2.30. The molecule has 3 rings (SSSR count). The molecule has 4 nitrogen and oxygen atoms in total. The van der Waals surface area contributed by atoms with Crippen LogP contribution in [-0.2, 0) is 0 Å². The van der Waals surface area contributed by atoms with Crippen LogP contribution in [0, 0.1) is 0 Å². The van der Waals surface area contributed by atoms with Gasteiger partial charge in [0.25, 0.3) is 0 Å². The molecule has 0 N–H and O–H groups in total. The molecule has 2 aromatic heterocycles. The second kappa shape index (κ2) is 4.61. The number of imidazole rings is 1. The first-order valence-electron chi connectivity index (χ1n) is 6.48. The van der Waals surface area contributed by atoms with E-state index < -0.39 is 0 Å². The van der Waals surface area contributed by atoms with Gasteiger partial charge in [0.1, 0.15) is 5.82 Å². The van der Waals surface area contributed by atoms with E-state index in [1.807, 2.05) is 18.3 Å². The van der Waals surface area contributed by atoms with Crippen LogP contribution in [0.1, 0.15) is 24.6 Å². The molecule has 0 bridgehead atoms. The molecule has 0 atom stereocenters. The molecule has 0 radical (unpaired) electrons. The molecule has 0 aliphatic carbocycles. The zero-order valence-corrected chi connectivity index (χ0v) is 11.0. The molecule has 0 spiro atoms. The fourth-order valence-electron chi connectivity index (χ4n) is 2.76. The van der Waals surface area contributed by atoms with Crippen molar-refractivity contribution in [2.45, 2.75) is 18.8 Å². The van der Waals surface area contributed by atoms with E-state index in [-0.39, 0.29) is 0 Å². The summed E-state index contributed by atoms with van der Waals surface area (Å²) in [5, 5.41) is 0. The average molecular weight is 245 g/mol. The van der Waals surface area contributed by atoms with E-state index >= 15 is 0 Å². The molecule has 0 saturated carbocycles. The van der Waals surface area contributed by atoms with Crippen molar-refractivity contribution in [3.63, 3.8) is 0 Å². The number of pyridine rings is 1. The lowest BCUT2D eigenvalue weighted by molar-refractivity contribution is 0.250. The van der Waals surface area contributed by atoms with Gasteiger partial charge in [0.05, 0.1) is 18.8 Å². The number of methoxy groups -OCH3 is 1. The number of hydrogen-bond acceptors (Lipinski definition) is 3. The minimum Gasteiger partial charge on any atom is -0.482 e. The first kappa shape index (κ1) is 11.5. The van der Waals surface area contributed by atoms with E-state index in [1.54, 1.807) is 7.11 Å². The van der Waals surface area contributed by atoms with Gasteiger partial charge in [-0.2, -0.15) is 0 Å². The number of nitrogens with zero attached hydrogens (tertiary/aromatic N) is 3. The highest BCUT2D eigenvalue weighted by atomic mass is 16.5. The summed E-state index contributed by atoms with van der Waals surface area (Å²) < 4.78 is 7.60. The molecule has 1 fully saturated rings. The number of ether oxygens (including phenoxy) is 1. The second-order valence-electron chi connectivity index (χ2n) is 5.02. The van der Waals surface area contributed by atoms with Crippen molar-refractivity contribution in [3.8, 4) is 5.88 Å². The smallest absolute Gasteiger partial charge is 0.199 e. The molecule has 96 valence electrons. The number of rotatable bonds is 2. The molecular weight excluding hydrogens is 226 g/mol. The lowest BCUT2D eigenvalue weighted by Gasteiger charge is -2.28. The van der Waals surface area contributed by atoms with E-state index in [0.717, 1.165) is 30.3 Å². The van der Waals surface area contributed by atoms with Crippen LogP contribution >= 0.6 is 0 Å². The maximum Gasteiger partial charge on any atom is 0.199 e. The first-order chi connectivity index (χ1) is 8.79. The summed E-state index contributed by atoms with van der Waals surface area (Å²) in [6, 6.07) is 6.08. The Morgan fingerprint density at radius 3 is 2.78 bits per heavy atom. The van der Waals surface area contributed by atoms with Crippen LogP contribution in [0.4, 0.5) is 0 Å². The molecule has 2 aromatic rings. The van der Waals surface area contributed by atoms with Crippen LogP contribution < -0.4 is 4.74 Å². The van der Waals surface area contributed by atoms with Crippen molar-refractivity contribution in [1.29, 1.82) is 0 Å². The van der Waals surface area contributed by atoms with Crippen LogP contribution in [0.15, 0.2) is 24.4 Å². The van der Waals surface area contributed by atoms with Gasteiger partial charge in [-0.15, -0.1) is 0 Å². The Kier molecular flexibility index (Phi) is 2.96. The van der Waals surface area contributed by atoms with Gasteiger partial charge in [0.15, 0.2) is 5.88 Å². The summed E-state index contributed by atoms with van der Waals surface area (Å²) >= 11 is 0. The van der Waals surface area contributed by atoms with Crippen molar-refractivity contribution in [3.05, 3.63) is 30.2 Å². The average Bonchev–Trinajstić information content (AvgIpc) is 2.83. The highest BCUT2D eigenvalue weighted by Gasteiger charge is 2.23. The minimum absolute atomic E-state index is 0.542. The number of hydrogen-bond donors (Lipinski definition) is 0. The summed E-state index contributed by atoms with van der Waals surface area (Å²) in [4.78, 5) is 7.00. The van der Waals surface area contributed by atoms with Gasteiger partial charge < -0.3 is 9.64 Å². The zero-order chi connectivity index (χ0) is 12.5. The highest BCUT2D eigenvalue weighted by Crippen LogP contribution is 2.29. The van der Waals surface area contributed by atoms with Crippen LogP contribution in [0.5, 0.6) is 5.88 Å². The number of fused-ring (bicyclic) bond motifs is 1. The van der Waals surface area contributed by atoms with E-state index in [4.69, 9.17) is 4.74 Å². The Balaban J connectivity index is 2.01. The van der Waals surface area contributed by atoms with E-state index in [1.165, 1.54) is 12.8 Å². The maximum absolute atomic E-state index is 5.45. The van der Waals surface area contributed by atoms with Crippen molar-refractivity contribution in [2.75, 3.05) is 27.2 Å². The molecule has 3 heterocycles. The Hall–Kier alpha value is -1.55. The molecule has 4 heteroatoms. The third-order valence-electron chi connectivity index (χ3n) is 3.84. The van der Waals surface area contributed by atoms with E-state index in [2.05, 4.69) is 27.4 Å². The highest BCUT2D eigenvalue weighted by molar-refractivity contribution is 5.49. The quantitative estimate of drug-likeness (QED) is 0.812. The predicted octanol–water partition coefficient (Wildman–Crippen LogP) is 2.15. The summed E-state index contributed by atoms with van der Waals surface area (Å²) in [5.41, 5.74) is 1.11. The second-order valence-corrected chi connectivity index (χ2v) is 5.02. The summed E-state index contributed by atoms with van der Waals surface area (Å²) in [5.74, 6) is 2.56. The van der Waals surface area contributed by atoms with Crippen LogP contribution in [0.25, 0.3) is 5.52 Å². The third-order valence-corrected chi connectivity index (χ3v) is 3.84. The van der Waals surface area contributed by atoms with Crippen molar-refractivity contribution < 1.29 is 4.74 Å². The Labute approximate surface area is 107 Å². The molecular formula is C14H19N3O. The zero-order valence-electron chi connectivity index (χ0n) is 11.0. The van der Waals surface area contributed by atoms with Gasteiger partial charge >= 0.3 is 0 Å². The van der Waals surface area contributed by atoms with Crippen LogP contribution in [0.2, 0.25) is 0 Å². The topological polar surface area (TPSA) is 29.8 Å². The normalized spacial score (nSPS) is 18.3. The monoisotopic (exact) mass is 245 g/mol. The van der Waals surface area contributed by atoms with Crippen molar-refractivity contribution in [1.82, 2.24) is 14.3 Å². The van der Waals surface area contributed by atoms with Crippen molar-refractivity contribution in [2.24, 2.45) is 0 Å². The Morgan fingerprint density at radius 2 is 2.06 bits per heavy atom. The van der Waals surface area contributed by atoms with Gasteiger partial charge in [0.2, 0.25) is 0 Å².